The second kappa shape index (κ2) is 5.29. The first-order valence-corrected chi connectivity index (χ1v) is 6.72. The van der Waals surface area contributed by atoms with Gasteiger partial charge in [-0.05, 0) is 57.0 Å². The van der Waals surface area contributed by atoms with Crippen molar-refractivity contribution in [1.82, 2.24) is 5.32 Å². The van der Waals surface area contributed by atoms with Crippen LogP contribution in [0, 0.1) is 13.8 Å². The van der Waals surface area contributed by atoms with Crippen molar-refractivity contribution in [2.24, 2.45) is 0 Å². The number of likely N-dealkylation sites (N-methyl/N-ethyl adjacent to an activating group) is 1. The third-order valence-electron chi connectivity index (χ3n) is 4.41. The van der Waals surface area contributed by atoms with Gasteiger partial charge in [-0.15, -0.1) is 0 Å². The summed E-state index contributed by atoms with van der Waals surface area (Å²) in [6.45, 7) is 6.54. The molecule has 0 saturated carbocycles. The van der Waals surface area contributed by atoms with Crippen LogP contribution >= 0.6 is 0 Å². The van der Waals surface area contributed by atoms with Crippen LogP contribution in [-0.4, -0.2) is 37.4 Å². The zero-order chi connectivity index (χ0) is 13.2. The van der Waals surface area contributed by atoms with Gasteiger partial charge in [0, 0.05) is 24.3 Å². The van der Waals surface area contributed by atoms with Gasteiger partial charge < -0.3 is 15.3 Å². The Bertz CT molecular complexity index is 403. The summed E-state index contributed by atoms with van der Waals surface area (Å²) in [5, 5.41) is 12.8. The average molecular weight is 248 g/mol. The summed E-state index contributed by atoms with van der Waals surface area (Å²) in [6.07, 6.45) is 1.99. The minimum atomic E-state index is -0.0732. The first-order valence-electron chi connectivity index (χ1n) is 6.72. The summed E-state index contributed by atoms with van der Waals surface area (Å²) < 4.78 is 0. The quantitative estimate of drug-likeness (QED) is 0.857. The summed E-state index contributed by atoms with van der Waals surface area (Å²) in [7, 11) is 1.95. The zero-order valence-corrected chi connectivity index (χ0v) is 11.7. The molecular weight excluding hydrogens is 224 g/mol. The minimum absolute atomic E-state index is 0.0732. The molecule has 0 spiro atoms. The number of aryl methyl sites for hydroxylation is 2. The number of hydrogen-bond donors (Lipinski definition) is 2. The molecule has 2 N–H and O–H groups in total. The van der Waals surface area contributed by atoms with Gasteiger partial charge >= 0.3 is 0 Å². The molecule has 18 heavy (non-hydrogen) atoms. The maximum Gasteiger partial charge on any atom is 0.0614 e. The largest absolute Gasteiger partial charge is 0.394 e. The van der Waals surface area contributed by atoms with Crippen molar-refractivity contribution in [3.63, 3.8) is 0 Å². The first-order chi connectivity index (χ1) is 8.60. The second-order valence-electron chi connectivity index (χ2n) is 5.44. The van der Waals surface area contributed by atoms with E-state index < -0.39 is 0 Å². The topological polar surface area (TPSA) is 35.5 Å². The number of aliphatic hydroxyl groups is 1. The molecule has 0 aromatic heterocycles. The van der Waals surface area contributed by atoms with E-state index in [0.717, 1.165) is 25.9 Å². The van der Waals surface area contributed by atoms with Gasteiger partial charge in [0.15, 0.2) is 0 Å². The maximum atomic E-state index is 9.50. The van der Waals surface area contributed by atoms with Crippen LogP contribution < -0.4 is 10.2 Å². The molecule has 0 amide bonds. The molecule has 1 aliphatic rings. The summed E-state index contributed by atoms with van der Waals surface area (Å²) in [6, 6.07) is 6.66. The van der Waals surface area contributed by atoms with E-state index in [0.29, 0.717) is 0 Å². The molecule has 3 nitrogen and oxygen atoms in total. The van der Waals surface area contributed by atoms with Crippen molar-refractivity contribution >= 4 is 5.69 Å². The van der Waals surface area contributed by atoms with Crippen LogP contribution in [0.5, 0.6) is 0 Å². The Hall–Kier alpha value is -1.06. The summed E-state index contributed by atoms with van der Waals surface area (Å²) >= 11 is 0. The van der Waals surface area contributed by atoms with E-state index in [1.807, 2.05) is 7.05 Å². The van der Waals surface area contributed by atoms with Gasteiger partial charge in [-0.3, -0.25) is 0 Å². The Morgan fingerprint density at radius 3 is 2.39 bits per heavy atom. The molecular formula is C15H24N2O. The van der Waals surface area contributed by atoms with Crippen molar-refractivity contribution in [2.75, 3.05) is 31.6 Å². The highest BCUT2D eigenvalue weighted by Crippen LogP contribution is 2.27. The molecule has 0 atom stereocenters. The molecule has 0 unspecified atom stereocenters. The molecule has 0 aliphatic carbocycles. The van der Waals surface area contributed by atoms with Crippen LogP contribution in [0.3, 0.4) is 0 Å². The second-order valence-corrected chi connectivity index (χ2v) is 5.44. The Labute approximate surface area is 110 Å². The Morgan fingerprint density at radius 1 is 1.22 bits per heavy atom. The van der Waals surface area contributed by atoms with Crippen LogP contribution in [0.25, 0.3) is 0 Å². The van der Waals surface area contributed by atoms with E-state index in [-0.39, 0.29) is 12.1 Å². The van der Waals surface area contributed by atoms with Crippen molar-refractivity contribution < 1.29 is 5.11 Å². The molecule has 1 aromatic carbocycles. The fourth-order valence-corrected chi connectivity index (χ4v) is 2.60. The van der Waals surface area contributed by atoms with Crippen LogP contribution in [-0.2, 0) is 0 Å². The van der Waals surface area contributed by atoms with Crippen LogP contribution in [0.4, 0.5) is 5.69 Å². The number of aliphatic hydroxyl groups excluding tert-OH is 1. The van der Waals surface area contributed by atoms with Gasteiger partial charge in [0.2, 0.25) is 0 Å². The lowest BCUT2D eigenvalue weighted by Crippen LogP contribution is -2.54. The van der Waals surface area contributed by atoms with Gasteiger partial charge in [0.05, 0.1) is 6.61 Å². The summed E-state index contributed by atoms with van der Waals surface area (Å²) in [5.41, 5.74) is 3.92. The number of piperidine rings is 1. The number of hydrogen-bond acceptors (Lipinski definition) is 3. The lowest BCUT2D eigenvalue weighted by Gasteiger charge is -2.41. The first kappa shape index (κ1) is 13.4. The third-order valence-corrected chi connectivity index (χ3v) is 4.41. The number of rotatable bonds is 3. The van der Waals surface area contributed by atoms with Crippen molar-refractivity contribution in [2.45, 2.75) is 32.2 Å². The highest BCUT2D eigenvalue weighted by Gasteiger charge is 2.32. The highest BCUT2D eigenvalue weighted by atomic mass is 16.3. The zero-order valence-electron chi connectivity index (χ0n) is 11.7. The molecule has 2 rings (SSSR count). The smallest absolute Gasteiger partial charge is 0.0614 e. The van der Waals surface area contributed by atoms with Crippen molar-refractivity contribution in [1.29, 1.82) is 0 Å². The molecule has 1 aromatic rings. The number of nitrogens with one attached hydrogen (secondary N) is 1. The molecule has 100 valence electrons. The molecule has 1 saturated heterocycles. The van der Waals surface area contributed by atoms with E-state index in [9.17, 15) is 5.11 Å². The monoisotopic (exact) mass is 248 g/mol. The number of benzene rings is 1. The molecule has 1 aliphatic heterocycles. The van der Waals surface area contributed by atoms with Crippen molar-refractivity contribution in [3.8, 4) is 0 Å². The van der Waals surface area contributed by atoms with Crippen LogP contribution in [0.15, 0.2) is 18.2 Å². The Balaban J connectivity index is 2.07. The molecule has 1 fully saturated rings. The molecule has 3 heteroatoms. The predicted octanol–water partition coefficient (Wildman–Crippen LogP) is 1.85. The van der Waals surface area contributed by atoms with Gasteiger partial charge in [-0.1, -0.05) is 6.07 Å². The van der Waals surface area contributed by atoms with Crippen molar-refractivity contribution in [3.05, 3.63) is 29.3 Å². The highest BCUT2D eigenvalue weighted by molar-refractivity contribution is 5.51. The fraction of sp³-hybridized carbons (Fsp3) is 0.600. The lowest BCUT2D eigenvalue weighted by molar-refractivity contribution is 0.142. The maximum absolute atomic E-state index is 9.50. The fourth-order valence-electron chi connectivity index (χ4n) is 2.60. The normalized spacial score (nSPS) is 19.0. The molecule has 0 bridgehead atoms. The number of anilines is 1. The summed E-state index contributed by atoms with van der Waals surface area (Å²) in [4.78, 5) is 2.41. The van der Waals surface area contributed by atoms with E-state index >= 15 is 0 Å². The summed E-state index contributed by atoms with van der Waals surface area (Å²) in [5.74, 6) is 0. The van der Waals surface area contributed by atoms with E-state index in [1.165, 1.54) is 16.8 Å². The molecule has 0 radical (unpaired) electrons. The standard InChI is InChI=1S/C15H24N2O/c1-12-4-5-14(10-13(12)2)17-8-6-15(11-18,16-3)7-9-17/h4-5,10,16,18H,6-9,11H2,1-3H3. The minimum Gasteiger partial charge on any atom is -0.394 e. The SMILES string of the molecule is CNC1(CO)CCN(c2ccc(C)c(C)c2)CC1. The van der Waals surface area contributed by atoms with Gasteiger partial charge in [0.1, 0.15) is 0 Å². The lowest BCUT2D eigenvalue weighted by atomic mass is 9.88. The third kappa shape index (κ3) is 2.52. The van der Waals surface area contributed by atoms with E-state index in [1.54, 1.807) is 0 Å². The van der Waals surface area contributed by atoms with Crippen LogP contribution in [0.1, 0.15) is 24.0 Å². The Kier molecular flexibility index (Phi) is 3.93. The average Bonchev–Trinajstić information content (AvgIpc) is 2.42. The van der Waals surface area contributed by atoms with Crippen LogP contribution in [0.2, 0.25) is 0 Å². The van der Waals surface area contributed by atoms with E-state index in [4.69, 9.17) is 0 Å². The van der Waals surface area contributed by atoms with Gasteiger partial charge in [-0.2, -0.15) is 0 Å². The number of nitrogens with zero attached hydrogens (tertiary/aromatic N) is 1. The molecule has 1 heterocycles. The van der Waals surface area contributed by atoms with Gasteiger partial charge in [0.25, 0.3) is 0 Å². The van der Waals surface area contributed by atoms with E-state index in [2.05, 4.69) is 42.3 Å². The predicted molar refractivity (Wildman–Crippen MR) is 76.2 cm³/mol. The Morgan fingerprint density at radius 2 is 1.89 bits per heavy atom. The van der Waals surface area contributed by atoms with Gasteiger partial charge in [-0.25, -0.2) is 0 Å².